The van der Waals surface area contributed by atoms with E-state index in [9.17, 15) is 8.42 Å². The topological polar surface area (TPSA) is 84.5 Å². The molecule has 5 nitrogen and oxygen atoms in total. The lowest BCUT2D eigenvalue weighted by Gasteiger charge is -2.03. The molecule has 0 radical (unpaired) electrons. The third kappa shape index (κ3) is 5.90. The molecule has 106 valence electrons. The summed E-state index contributed by atoms with van der Waals surface area (Å²) in [5, 5.41) is 4.37. The lowest BCUT2D eigenvalue weighted by atomic mass is 10.4. The second kappa shape index (κ2) is 7.84. The monoisotopic (exact) mass is 367 g/mol. The first-order chi connectivity index (χ1) is 8.95. The number of hydrogen-bond acceptors (Lipinski definition) is 3. The van der Waals surface area contributed by atoms with Crippen molar-refractivity contribution in [2.24, 2.45) is 10.1 Å². The summed E-state index contributed by atoms with van der Waals surface area (Å²) in [7, 11) is -3.75. The SMILES string of the molecule is N/C(CCNCCBr)=N\S(=O)(=O)c1ccc(Cl)cc1. The van der Waals surface area contributed by atoms with Crippen LogP contribution in [0.2, 0.25) is 5.02 Å². The molecule has 0 aromatic heterocycles. The van der Waals surface area contributed by atoms with Gasteiger partial charge in [-0.2, -0.15) is 8.42 Å². The van der Waals surface area contributed by atoms with Crippen molar-refractivity contribution < 1.29 is 8.42 Å². The number of rotatable bonds is 7. The zero-order valence-corrected chi connectivity index (χ0v) is 13.3. The molecule has 0 amide bonds. The Morgan fingerprint density at radius 1 is 1.32 bits per heavy atom. The maximum absolute atomic E-state index is 11.9. The molecule has 0 unspecified atom stereocenters. The Hall–Kier alpha value is -0.630. The zero-order chi connectivity index (χ0) is 14.3. The van der Waals surface area contributed by atoms with Gasteiger partial charge in [-0.1, -0.05) is 27.5 Å². The van der Waals surface area contributed by atoms with E-state index in [2.05, 4.69) is 25.6 Å². The number of sulfonamides is 1. The molecular weight excluding hydrogens is 354 g/mol. The van der Waals surface area contributed by atoms with Gasteiger partial charge in [0.15, 0.2) is 0 Å². The highest BCUT2D eigenvalue weighted by Crippen LogP contribution is 2.16. The van der Waals surface area contributed by atoms with Gasteiger partial charge in [0.05, 0.1) is 4.90 Å². The fourth-order valence-electron chi connectivity index (χ4n) is 1.27. The van der Waals surface area contributed by atoms with Crippen LogP contribution in [-0.2, 0) is 10.0 Å². The molecule has 0 bridgehead atoms. The van der Waals surface area contributed by atoms with Crippen molar-refractivity contribution >= 4 is 43.4 Å². The van der Waals surface area contributed by atoms with Crippen molar-refractivity contribution in [2.75, 3.05) is 18.4 Å². The minimum absolute atomic E-state index is 0.0771. The van der Waals surface area contributed by atoms with Gasteiger partial charge in [0.25, 0.3) is 10.0 Å². The van der Waals surface area contributed by atoms with Gasteiger partial charge in [0.2, 0.25) is 0 Å². The molecule has 1 rings (SSSR count). The van der Waals surface area contributed by atoms with E-state index in [0.717, 1.165) is 11.9 Å². The number of alkyl halides is 1. The molecule has 3 N–H and O–H groups in total. The molecular formula is C11H15BrClN3O2S. The smallest absolute Gasteiger partial charge is 0.283 e. The summed E-state index contributed by atoms with van der Waals surface area (Å²) in [6.07, 6.45) is 0.375. The highest BCUT2D eigenvalue weighted by atomic mass is 79.9. The molecule has 0 atom stereocenters. The van der Waals surface area contributed by atoms with Gasteiger partial charge in [-0.25, -0.2) is 0 Å². The van der Waals surface area contributed by atoms with Gasteiger partial charge in [0.1, 0.15) is 5.84 Å². The van der Waals surface area contributed by atoms with Gasteiger partial charge in [-0.05, 0) is 24.3 Å². The van der Waals surface area contributed by atoms with Gasteiger partial charge in [-0.15, -0.1) is 4.40 Å². The minimum Gasteiger partial charge on any atom is -0.386 e. The standard InChI is InChI=1S/C11H15BrClN3O2S/c12-6-8-15-7-5-11(14)16-19(17,18)10-3-1-9(13)2-4-10/h1-4,15H,5-8H2,(H2,14,16). The van der Waals surface area contributed by atoms with Crippen molar-refractivity contribution in [3.63, 3.8) is 0 Å². The molecule has 0 saturated carbocycles. The Kier molecular flexibility index (Phi) is 6.78. The Morgan fingerprint density at radius 3 is 2.53 bits per heavy atom. The fraction of sp³-hybridized carbons (Fsp3) is 0.364. The van der Waals surface area contributed by atoms with Crippen molar-refractivity contribution in [3.8, 4) is 0 Å². The van der Waals surface area contributed by atoms with Crippen molar-refractivity contribution in [1.29, 1.82) is 0 Å². The van der Waals surface area contributed by atoms with Crippen LogP contribution in [0.4, 0.5) is 0 Å². The summed E-state index contributed by atoms with van der Waals surface area (Å²) in [6.45, 7) is 1.37. The summed E-state index contributed by atoms with van der Waals surface area (Å²) in [4.78, 5) is 0.0771. The van der Waals surface area contributed by atoms with E-state index >= 15 is 0 Å². The summed E-state index contributed by atoms with van der Waals surface area (Å²) < 4.78 is 27.4. The Bertz CT molecular complexity index is 531. The van der Waals surface area contributed by atoms with Gasteiger partial charge in [0, 0.05) is 29.9 Å². The second-order valence-corrected chi connectivity index (χ2v) is 6.53. The molecule has 0 spiro atoms. The Morgan fingerprint density at radius 2 is 1.95 bits per heavy atom. The molecule has 0 aliphatic carbocycles. The van der Waals surface area contributed by atoms with E-state index < -0.39 is 10.0 Å². The van der Waals surface area contributed by atoms with Crippen LogP contribution in [0.5, 0.6) is 0 Å². The van der Waals surface area contributed by atoms with Crippen LogP contribution >= 0.6 is 27.5 Å². The van der Waals surface area contributed by atoms with E-state index in [0.29, 0.717) is 18.0 Å². The largest absolute Gasteiger partial charge is 0.386 e. The Labute approximate surface area is 126 Å². The number of nitrogens with two attached hydrogens (primary N) is 1. The van der Waals surface area contributed by atoms with E-state index in [1.165, 1.54) is 24.3 Å². The van der Waals surface area contributed by atoms with Crippen molar-refractivity contribution in [1.82, 2.24) is 5.32 Å². The summed E-state index contributed by atoms with van der Waals surface area (Å²) in [5.74, 6) is 0.0806. The van der Waals surface area contributed by atoms with Crippen LogP contribution in [0.15, 0.2) is 33.6 Å². The van der Waals surface area contributed by atoms with Crippen LogP contribution in [0, 0.1) is 0 Å². The number of amidine groups is 1. The van der Waals surface area contributed by atoms with Crippen molar-refractivity contribution in [3.05, 3.63) is 29.3 Å². The number of nitrogens with zero attached hydrogens (tertiary/aromatic N) is 1. The number of nitrogens with one attached hydrogen (secondary N) is 1. The van der Waals surface area contributed by atoms with Gasteiger partial charge < -0.3 is 11.1 Å². The average Bonchev–Trinajstić information content (AvgIpc) is 2.34. The summed E-state index contributed by atoms with van der Waals surface area (Å²) in [6, 6.07) is 5.80. The third-order valence-electron chi connectivity index (χ3n) is 2.18. The van der Waals surface area contributed by atoms with Crippen LogP contribution in [0.25, 0.3) is 0 Å². The predicted octanol–water partition coefficient (Wildman–Crippen LogP) is 1.76. The van der Waals surface area contributed by atoms with Crippen LogP contribution in [0.3, 0.4) is 0 Å². The molecule has 0 heterocycles. The molecule has 0 saturated heterocycles. The lowest BCUT2D eigenvalue weighted by molar-refractivity contribution is 0.597. The molecule has 8 heteroatoms. The van der Waals surface area contributed by atoms with Gasteiger partial charge >= 0.3 is 0 Å². The molecule has 0 fully saturated rings. The predicted molar refractivity (Wildman–Crippen MR) is 81.5 cm³/mol. The number of hydrogen-bond donors (Lipinski definition) is 2. The first kappa shape index (κ1) is 16.4. The van der Waals surface area contributed by atoms with Crippen molar-refractivity contribution in [2.45, 2.75) is 11.3 Å². The van der Waals surface area contributed by atoms with Gasteiger partial charge in [-0.3, -0.25) is 0 Å². The zero-order valence-electron chi connectivity index (χ0n) is 10.1. The average molecular weight is 369 g/mol. The van der Waals surface area contributed by atoms with E-state index in [4.69, 9.17) is 17.3 Å². The van der Waals surface area contributed by atoms with Crippen LogP contribution < -0.4 is 11.1 Å². The molecule has 0 aliphatic heterocycles. The maximum Gasteiger partial charge on any atom is 0.283 e. The van der Waals surface area contributed by atoms with E-state index in [-0.39, 0.29) is 10.7 Å². The highest BCUT2D eigenvalue weighted by Gasteiger charge is 2.12. The van der Waals surface area contributed by atoms with Crippen LogP contribution in [0.1, 0.15) is 6.42 Å². The quantitative estimate of drug-likeness (QED) is 0.332. The van der Waals surface area contributed by atoms with E-state index in [1.54, 1.807) is 0 Å². The fourth-order valence-corrected chi connectivity index (χ4v) is 2.66. The first-order valence-electron chi connectivity index (χ1n) is 5.57. The molecule has 0 aliphatic rings. The first-order valence-corrected chi connectivity index (χ1v) is 8.51. The highest BCUT2D eigenvalue weighted by molar-refractivity contribution is 9.09. The molecule has 1 aromatic carbocycles. The molecule has 1 aromatic rings. The minimum atomic E-state index is -3.75. The lowest BCUT2D eigenvalue weighted by Crippen LogP contribution is -2.24. The van der Waals surface area contributed by atoms with Crippen LogP contribution in [-0.4, -0.2) is 32.7 Å². The maximum atomic E-state index is 11.9. The third-order valence-corrected chi connectivity index (χ3v) is 4.17. The summed E-state index contributed by atoms with van der Waals surface area (Å²) >= 11 is 8.97. The Balaban J connectivity index is 2.69. The normalized spacial score (nSPS) is 12.6. The number of benzene rings is 1. The van der Waals surface area contributed by atoms with E-state index in [1.807, 2.05) is 0 Å². The second-order valence-electron chi connectivity index (χ2n) is 3.70. The molecule has 19 heavy (non-hydrogen) atoms. The number of halogens is 2. The summed E-state index contributed by atoms with van der Waals surface area (Å²) in [5.41, 5.74) is 5.60.